The smallest absolute Gasteiger partial charge is 0.251 e. The van der Waals surface area contributed by atoms with E-state index in [4.69, 9.17) is 4.74 Å². The van der Waals surface area contributed by atoms with Crippen LogP contribution in [0.15, 0.2) is 30.3 Å². The molecule has 0 spiro atoms. The summed E-state index contributed by atoms with van der Waals surface area (Å²) in [5, 5.41) is 0.571. The van der Waals surface area contributed by atoms with Crippen molar-refractivity contribution in [2.75, 3.05) is 32.9 Å². The molecule has 2 atom stereocenters. The predicted molar refractivity (Wildman–Crippen MR) is 124 cm³/mol. The molecule has 2 aromatic carbocycles. The molecule has 4 nitrogen and oxygen atoms in total. The van der Waals surface area contributed by atoms with Crippen LogP contribution in [0.5, 0.6) is 5.75 Å². The third-order valence-electron chi connectivity index (χ3n) is 7.08. The molecule has 0 unspecified atom stereocenters. The first-order chi connectivity index (χ1) is 17.2. The van der Waals surface area contributed by atoms with Crippen LogP contribution in [0.25, 0.3) is 10.9 Å². The Kier molecular flexibility index (Phi) is 6.91. The number of alkyl halides is 3. The summed E-state index contributed by atoms with van der Waals surface area (Å²) in [7, 11) is 0. The summed E-state index contributed by atoms with van der Waals surface area (Å²) in [6.45, 7) is 2.28. The number of hydrogen-bond donors (Lipinski definition) is 1. The molecule has 36 heavy (non-hydrogen) atoms. The fourth-order valence-electron chi connectivity index (χ4n) is 5.43. The predicted octanol–water partition coefficient (Wildman–Crippen LogP) is 5.61. The van der Waals surface area contributed by atoms with Gasteiger partial charge in [-0.15, -0.1) is 0 Å². The van der Waals surface area contributed by atoms with Crippen molar-refractivity contribution in [2.24, 2.45) is 0 Å². The Labute approximate surface area is 204 Å². The Balaban J connectivity index is 1.50. The van der Waals surface area contributed by atoms with Gasteiger partial charge in [-0.3, -0.25) is 14.2 Å². The van der Waals surface area contributed by atoms with Gasteiger partial charge in [0.2, 0.25) is 0 Å². The molecule has 10 heteroatoms. The van der Waals surface area contributed by atoms with Crippen molar-refractivity contribution >= 4 is 10.9 Å². The number of hydrogen-bond acceptors (Lipinski definition) is 3. The second-order valence-corrected chi connectivity index (χ2v) is 9.59. The number of H-pyrrole nitrogens is 1. The molecular formula is C26H27F6N3O. The third-order valence-corrected chi connectivity index (χ3v) is 7.08. The molecule has 0 radical (unpaired) electrons. The Morgan fingerprint density at radius 3 is 2.47 bits per heavy atom. The van der Waals surface area contributed by atoms with Crippen LogP contribution in [0.2, 0.25) is 0 Å². The summed E-state index contributed by atoms with van der Waals surface area (Å²) in [6.07, 6.45) is -2.24. The van der Waals surface area contributed by atoms with Crippen LogP contribution < -0.4 is 4.74 Å². The van der Waals surface area contributed by atoms with Gasteiger partial charge in [0.15, 0.2) is 0 Å². The van der Waals surface area contributed by atoms with Gasteiger partial charge in [0.25, 0.3) is 6.43 Å². The quantitative estimate of drug-likeness (QED) is 0.399. The van der Waals surface area contributed by atoms with E-state index in [-0.39, 0.29) is 17.4 Å². The highest BCUT2D eigenvalue weighted by atomic mass is 19.3. The average molecular weight is 512 g/mol. The lowest BCUT2D eigenvalue weighted by Gasteiger charge is -2.41. The Morgan fingerprint density at radius 2 is 1.81 bits per heavy atom. The van der Waals surface area contributed by atoms with Crippen molar-refractivity contribution < 1.29 is 31.1 Å². The summed E-state index contributed by atoms with van der Waals surface area (Å²) < 4.78 is 90.1. The van der Waals surface area contributed by atoms with Crippen molar-refractivity contribution in [1.82, 2.24) is 14.8 Å². The van der Waals surface area contributed by atoms with Crippen LogP contribution in [-0.2, 0) is 6.42 Å². The van der Waals surface area contributed by atoms with Crippen molar-refractivity contribution in [3.8, 4) is 5.75 Å². The first kappa shape index (κ1) is 25.0. The van der Waals surface area contributed by atoms with Gasteiger partial charge in [0.1, 0.15) is 29.3 Å². The fraction of sp³-hybridized carbons (Fsp3) is 0.462. The zero-order chi connectivity index (χ0) is 25.6. The van der Waals surface area contributed by atoms with E-state index in [1.165, 1.54) is 23.1 Å². The van der Waals surface area contributed by atoms with E-state index < -0.39 is 49.2 Å². The van der Waals surface area contributed by atoms with Crippen LogP contribution in [0, 0.1) is 17.5 Å². The molecule has 2 aliphatic heterocycles. The maximum absolute atomic E-state index is 15.5. The fourth-order valence-corrected chi connectivity index (χ4v) is 5.43. The van der Waals surface area contributed by atoms with E-state index in [0.717, 1.165) is 12.1 Å². The van der Waals surface area contributed by atoms with E-state index in [2.05, 4.69) is 4.98 Å². The summed E-state index contributed by atoms with van der Waals surface area (Å²) in [5.74, 6) is -2.27. The second kappa shape index (κ2) is 9.97. The molecule has 0 aliphatic carbocycles. The number of aromatic amines is 1. The van der Waals surface area contributed by atoms with Gasteiger partial charge in [-0.1, -0.05) is 0 Å². The van der Waals surface area contributed by atoms with E-state index in [1.807, 2.05) is 4.90 Å². The van der Waals surface area contributed by atoms with Crippen molar-refractivity contribution in [1.29, 1.82) is 0 Å². The number of rotatable bonds is 8. The first-order valence-corrected chi connectivity index (χ1v) is 12.0. The normalized spacial score (nSPS) is 21.2. The number of benzene rings is 2. The van der Waals surface area contributed by atoms with Crippen LogP contribution in [0.1, 0.15) is 36.2 Å². The molecule has 3 aromatic rings. The maximum Gasteiger partial charge on any atom is 0.251 e. The number of ether oxygens (including phenoxy) is 1. The zero-order valence-electron chi connectivity index (χ0n) is 19.7. The topological polar surface area (TPSA) is 31.5 Å². The largest absolute Gasteiger partial charge is 0.488 e. The van der Waals surface area contributed by atoms with Crippen LogP contribution in [-0.4, -0.2) is 66.2 Å². The summed E-state index contributed by atoms with van der Waals surface area (Å²) >= 11 is 0. The van der Waals surface area contributed by atoms with Gasteiger partial charge in [-0.05, 0) is 43.5 Å². The number of nitrogens with zero attached hydrogens (tertiary/aromatic N) is 2. The lowest BCUT2D eigenvalue weighted by atomic mass is 9.88. The van der Waals surface area contributed by atoms with Crippen molar-refractivity contribution in [3.05, 3.63) is 64.6 Å². The van der Waals surface area contributed by atoms with Gasteiger partial charge < -0.3 is 9.72 Å². The molecule has 0 amide bonds. The molecule has 1 fully saturated rings. The summed E-state index contributed by atoms with van der Waals surface area (Å²) in [4.78, 5) is 6.47. The monoisotopic (exact) mass is 511 g/mol. The number of aromatic nitrogens is 1. The number of nitrogens with one attached hydrogen (secondary N) is 1. The molecular weight excluding hydrogens is 484 g/mol. The molecule has 0 bridgehead atoms. The number of fused-ring (bicyclic) bond motifs is 3. The van der Waals surface area contributed by atoms with E-state index >= 15 is 8.78 Å². The van der Waals surface area contributed by atoms with Crippen LogP contribution in [0.3, 0.4) is 0 Å². The Hall–Kier alpha value is -2.72. The van der Waals surface area contributed by atoms with Gasteiger partial charge >= 0.3 is 0 Å². The zero-order valence-corrected chi connectivity index (χ0v) is 19.7. The minimum absolute atomic E-state index is 0.00657. The molecule has 1 aromatic heterocycles. The highest BCUT2D eigenvalue weighted by molar-refractivity contribution is 5.85. The van der Waals surface area contributed by atoms with E-state index in [9.17, 15) is 17.6 Å². The third kappa shape index (κ3) is 4.68. The van der Waals surface area contributed by atoms with Crippen LogP contribution in [0.4, 0.5) is 26.3 Å². The van der Waals surface area contributed by atoms with Crippen molar-refractivity contribution in [2.45, 2.75) is 44.4 Å². The molecule has 3 heterocycles. The first-order valence-electron chi connectivity index (χ1n) is 12.0. The summed E-state index contributed by atoms with van der Waals surface area (Å²) in [6, 6.07) is 4.67. The van der Waals surface area contributed by atoms with E-state index in [0.29, 0.717) is 54.6 Å². The molecule has 5 rings (SSSR count). The molecule has 1 N–H and O–H groups in total. The molecule has 1 saturated heterocycles. The minimum atomic E-state index is -2.72. The van der Waals surface area contributed by atoms with E-state index in [1.54, 1.807) is 6.92 Å². The molecule has 2 aliphatic rings. The second-order valence-electron chi connectivity index (χ2n) is 9.59. The Morgan fingerprint density at radius 1 is 1.08 bits per heavy atom. The van der Waals surface area contributed by atoms with Crippen molar-refractivity contribution in [3.63, 3.8) is 0 Å². The SMILES string of the molecule is C[C@@H]1Cc2c([nH]c3ccc(F)cc23)[C@@H](c2c(F)cc(OC3CN(CCCF)C3)cc2F)N1CC(F)F. The number of halogens is 6. The lowest BCUT2D eigenvalue weighted by Crippen LogP contribution is -2.53. The summed E-state index contributed by atoms with van der Waals surface area (Å²) in [5.41, 5.74) is 1.25. The van der Waals surface area contributed by atoms with Gasteiger partial charge in [0, 0.05) is 60.0 Å². The van der Waals surface area contributed by atoms with Gasteiger partial charge in [-0.25, -0.2) is 22.0 Å². The highest BCUT2D eigenvalue weighted by Crippen LogP contribution is 2.43. The standard InChI is InChI=1S/C26H27F6N3O/c1-14-7-19-18-8-15(28)3-4-22(18)33-25(19)26(35(14)13-23(31)32)24-20(29)9-16(10-21(24)30)36-17-11-34(12-17)6-2-5-27/h3-4,8-10,14,17,23,26,33H,2,5-7,11-13H2,1H3/t14-,26-/m1/s1. The highest BCUT2D eigenvalue weighted by Gasteiger charge is 2.40. The average Bonchev–Trinajstić information content (AvgIpc) is 3.13. The Bertz CT molecular complexity index is 1220. The van der Waals surface area contributed by atoms with Gasteiger partial charge in [-0.2, -0.15) is 0 Å². The number of likely N-dealkylation sites (tertiary alicyclic amines) is 1. The minimum Gasteiger partial charge on any atom is -0.488 e. The maximum atomic E-state index is 15.5. The van der Waals surface area contributed by atoms with Gasteiger partial charge in [0.05, 0.1) is 19.3 Å². The molecule has 0 saturated carbocycles. The lowest BCUT2D eigenvalue weighted by molar-refractivity contribution is 0.0179. The van der Waals surface area contributed by atoms with Crippen LogP contribution >= 0.6 is 0 Å². The molecule has 194 valence electrons.